The summed E-state index contributed by atoms with van der Waals surface area (Å²) in [5.41, 5.74) is -0.103. The number of ketones is 1. The Labute approximate surface area is 188 Å². The van der Waals surface area contributed by atoms with Crippen molar-refractivity contribution in [3.05, 3.63) is 73.7 Å². The molecule has 0 radical (unpaired) electrons. The van der Waals surface area contributed by atoms with Gasteiger partial charge in [0.05, 0.1) is 40.2 Å². The van der Waals surface area contributed by atoms with E-state index in [4.69, 9.17) is 4.74 Å². The van der Waals surface area contributed by atoms with E-state index in [2.05, 4.69) is 4.90 Å². The molecule has 0 spiro atoms. The maximum absolute atomic E-state index is 13.2. The number of aliphatic hydroxyl groups is 1. The van der Waals surface area contributed by atoms with Gasteiger partial charge in [-0.3, -0.25) is 24.6 Å². The topological polar surface area (TPSA) is 113 Å². The van der Waals surface area contributed by atoms with Crippen LogP contribution < -0.4 is 0 Å². The number of morpholine rings is 1. The van der Waals surface area contributed by atoms with Crippen molar-refractivity contribution in [3.8, 4) is 0 Å². The summed E-state index contributed by atoms with van der Waals surface area (Å²) in [6.45, 7) is 3.87. The van der Waals surface area contributed by atoms with Crippen LogP contribution in [0.4, 0.5) is 5.69 Å². The highest BCUT2D eigenvalue weighted by molar-refractivity contribution is 7.12. The number of Topliss-reactive ketones (excluding diaryl/α,β-unsaturated/α-hetero) is 1. The van der Waals surface area contributed by atoms with Crippen molar-refractivity contribution in [2.24, 2.45) is 0 Å². The van der Waals surface area contributed by atoms with Gasteiger partial charge in [-0.2, -0.15) is 0 Å². The Morgan fingerprint density at radius 2 is 1.94 bits per heavy atom. The average Bonchev–Trinajstić information content (AvgIpc) is 3.42. The third-order valence-corrected chi connectivity index (χ3v) is 6.57. The molecule has 1 amide bonds. The van der Waals surface area contributed by atoms with E-state index >= 15 is 0 Å². The molecule has 1 atom stereocenters. The average molecular weight is 458 g/mol. The van der Waals surface area contributed by atoms with Gasteiger partial charge < -0.3 is 14.7 Å². The minimum atomic E-state index is -1.02. The van der Waals surface area contributed by atoms with Gasteiger partial charge in [0.25, 0.3) is 11.6 Å². The molecule has 0 aliphatic carbocycles. The molecular formula is C22H23N3O6S. The lowest BCUT2D eigenvalue weighted by molar-refractivity contribution is -0.385. The summed E-state index contributed by atoms with van der Waals surface area (Å²) in [5.74, 6) is -1.82. The molecule has 2 aromatic rings. The fraction of sp³-hybridized carbons (Fsp3) is 0.364. The highest BCUT2D eigenvalue weighted by Gasteiger charge is 2.45. The fourth-order valence-corrected chi connectivity index (χ4v) is 4.83. The molecule has 10 heteroatoms. The van der Waals surface area contributed by atoms with Crippen molar-refractivity contribution in [1.29, 1.82) is 0 Å². The molecule has 1 saturated heterocycles. The minimum absolute atomic E-state index is 0.113. The van der Waals surface area contributed by atoms with Crippen molar-refractivity contribution in [2.75, 3.05) is 39.4 Å². The first-order chi connectivity index (χ1) is 15.5. The highest BCUT2D eigenvalue weighted by atomic mass is 32.1. The molecule has 0 saturated carbocycles. The van der Waals surface area contributed by atoms with Gasteiger partial charge in [0, 0.05) is 32.2 Å². The van der Waals surface area contributed by atoms with E-state index < -0.39 is 28.4 Å². The van der Waals surface area contributed by atoms with Crippen molar-refractivity contribution < 1.29 is 24.4 Å². The summed E-state index contributed by atoms with van der Waals surface area (Å²) in [6, 6.07) is 8.32. The molecule has 168 valence electrons. The second-order valence-electron chi connectivity index (χ2n) is 7.59. The molecule has 1 aromatic carbocycles. The number of aliphatic hydroxyl groups excluding tert-OH is 1. The summed E-state index contributed by atoms with van der Waals surface area (Å²) >= 11 is 1.19. The van der Waals surface area contributed by atoms with Gasteiger partial charge >= 0.3 is 0 Å². The van der Waals surface area contributed by atoms with Crippen LogP contribution in [0.25, 0.3) is 0 Å². The first kappa shape index (κ1) is 22.1. The third-order valence-electron chi connectivity index (χ3n) is 5.70. The lowest BCUT2D eigenvalue weighted by Crippen LogP contribution is -2.39. The van der Waals surface area contributed by atoms with E-state index in [1.54, 1.807) is 23.6 Å². The van der Waals surface area contributed by atoms with Crippen LogP contribution in [0.15, 0.2) is 53.1 Å². The number of amides is 1. The molecular weight excluding hydrogens is 434 g/mol. The first-order valence-electron chi connectivity index (χ1n) is 10.3. The van der Waals surface area contributed by atoms with Crippen LogP contribution in [-0.4, -0.2) is 70.9 Å². The lowest BCUT2D eigenvalue weighted by atomic mass is 9.94. The van der Waals surface area contributed by atoms with Crippen LogP contribution in [-0.2, 0) is 9.53 Å². The van der Waals surface area contributed by atoms with Crippen molar-refractivity contribution in [3.63, 3.8) is 0 Å². The third kappa shape index (κ3) is 4.29. The summed E-state index contributed by atoms with van der Waals surface area (Å²) < 4.78 is 5.35. The van der Waals surface area contributed by atoms with E-state index in [1.807, 2.05) is 0 Å². The molecule has 1 N–H and O–H groups in total. The summed E-state index contributed by atoms with van der Waals surface area (Å²) in [4.78, 5) is 41.3. The van der Waals surface area contributed by atoms with Gasteiger partial charge in [-0.05, 0) is 23.9 Å². The largest absolute Gasteiger partial charge is 0.503 e. The maximum atomic E-state index is 13.2. The van der Waals surface area contributed by atoms with E-state index in [-0.39, 0.29) is 23.4 Å². The van der Waals surface area contributed by atoms with Gasteiger partial charge in [-0.1, -0.05) is 18.2 Å². The lowest BCUT2D eigenvalue weighted by Gasteiger charge is -2.29. The standard InChI is InChI=1S/C22H23N3O6S/c26-20(17-7-3-14-32-17)18-19(15-5-1-2-6-16(15)25(29)30)24(22(28)21(18)27)9-4-8-23-10-12-31-13-11-23/h1-3,5-7,14,19,27H,4,8-13H2/t19-/m0/s1. The van der Waals surface area contributed by atoms with Crippen LogP contribution in [0.3, 0.4) is 0 Å². The van der Waals surface area contributed by atoms with Crippen LogP contribution in [0.5, 0.6) is 0 Å². The Morgan fingerprint density at radius 1 is 1.19 bits per heavy atom. The van der Waals surface area contributed by atoms with Crippen LogP contribution in [0.2, 0.25) is 0 Å². The number of nitro groups is 1. The van der Waals surface area contributed by atoms with Gasteiger partial charge in [0.1, 0.15) is 0 Å². The van der Waals surface area contributed by atoms with Crippen LogP contribution in [0.1, 0.15) is 27.7 Å². The first-order valence-corrected chi connectivity index (χ1v) is 11.2. The van der Waals surface area contributed by atoms with E-state index in [1.165, 1.54) is 34.4 Å². The second kappa shape index (κ2) is 9.60. The molecule has 9 nitrogen and oxygen atoms in total. The van der Waals surface area contributed by atoms with Gasteiger partial charge in [-0.25, -0.2) is 0 Å². The fourth-order valence-electron chi connectivity index (χ4n) is 4.15. The van der Waals surface area contributed by atoms with E-state index in [9.17, 15) is 24.8 Å². The maximum Gasteiger partial charge on any atom is 0.290 e. The number of hydrogen-bond acceptors (Lipinski definition) is 8. The Kier molecular flexibility index (Phi) is 6.63. The van der Waals surface area contributed by atoms with Crippen molar-refractivity contribution in [1.82, 2.24) is 9.80 Å². The number of nitrogens with zero attached hydrogens (tertiary/aromatic N) is 3. The Bertz CT molecular complexity index is 1050. The molecule has 3 heterocycles. The molecule has 32 heavy (non-hydrogen) atoms. The summed E-state index contributed by atoms with van der Waals surface area (Å²) in [5, 5.41) is 24.1. The second-order valence-corrected chi connectivity index (χ2v) is 8.54. The number of carbonyl (C=O) groups excluding carboxylic acids is 2. The summed E-state index contributed by atoms with van der Waals surface area (Å²) in [7, 11) is 0. The molecule has 1 fully saturated rings. The smallest absolute Gasteiger partial charge is 0.290 e. The molecule has 0 bridgehead atoms. The number of thiophene rings is 1. The number of para-hydroxylation sites is 1. The van der Waals surface area contributed by atoms with Gasteiger partial charge in [0.2, 0.25) is 5.78 Å². The Balaban J connectivity index is 1.67. The van der Waals surface area contributed by atoms with Crippen LogP contribution >= 0.6 is 11.3 Å². The predicted molar refractivity (Wildman–Crippen MR) is 118 cm³/mol. The quantitative estimate of drug-likeness (QED) is 0.368. The van der Waals surface area contributed by atoms with E-state index in [0.717, 1.165) is 13.1 Å². The SMILES string of the molecule is O=C(C1=C(O)C(=O)N(CCCN2CCOCC2)[C@H]1c1ccccc1[N+](=O)[O-])c1cccs1. The summed E-state index contributed by atoms with van der Waals surface area (Å²) in [6.07, 6.45) is 0.594. The molecule has 2 aliphatic heterocycles. The number of benzene rings is 1. The van der Waals surface area contributed by atoms with Gasteiger partial charge in [-0.15, -0.1) is 11.3 Å². The minimum Gasteiger partial charge on any atom is -0.503 e. The number of carbonyl (C=O) groups is 2. The van der Waals surface area contributed by atoms with E-state index in [0.29, 0.717) is 31.1 Å². The molecule has 1 aromatic heterocycles. The van der Waals surface area contributed by atoms with Crippen molar-refractivity contribution in [2.45, 2.75) is 12.5 Å². The number of nitro benzene ring substituents is 1. The number of hydrogen-bond donors (Lipinski definition) is 1. The molecule has 4 rings (SSSR count). The van der Waals surface area contributed by atoms with Crippen molar-refractivity contribution >= 4 is 28.7 Å². The normalized spacial score (nSPS) is 19.6. The zero-order valence-corrected chi connectivity index (χ0v) is 18.1. The highest BCUT2D eigenvalue weighted by Crippen LogP contribution is 2.42. The Hall–Kier alpha value is -3.08. The zero-order chi connectivity index (χ0) is 22.7. The zero-order valence-electron chi connectivity index (χ0n) is 17.3. The predicted octanol–water partition coefficient (Wildman–Crippen LogP) is 2.96. The molecule has 0 unspecified atom stereocenters. The van der Waals surface area contributed by atoms with Gasteiger partial charge in [0.15, 0.2) is 5.76 Å². The van der Waals surface area contributed by atoms with Crippen LogP contribution in [0, 0.1) is 10.1 Å². The Morgan fingerprint density at radius 3 is 2.62 bits per heavy atom. The number of rotatable bonds is 8. The monoisotopic (exact) mass is 457 g/mol. The number of ether oxygens (including phenoxy) is 1. The molecule has 2 aliphatic rings.